The van der Waals surface area contributed by atoms with Gasteiger partial charge in [0, 0.05) is 18.8 Å². The molecule has 0 bridgehead atoms. The number of carboxylic acids is 1. The molecule has 2 rings (SSSR count). The number of β-amino-alcohol motifs (C(OH)–C–C–N with tert-alkyl or cyclic N) is 1. The summed E-state index contributed by atoms with van der Waals surface area (Å²) < 4.78 is 0. The molecule has 6 nitrogen and oxygen atoms in total. The van der Waals surface area contributed by atoms with Crippen LogP contribution in [-0.4, -0.2) is 46.3 Å². The first-order valence-electron chi connectivity index (χ1n) is 6.05. The minimum absolute atomic E-state index is 0.187. The van der Waals surface area contributed by atoms with Crippen LogP contribution in [0.4, 0.5) is 10.5 Å². The highest BCUT2D eigenvalue weighted by Crippen LogP contribution is 2.18. The Balaban J connectivity index is 2.07. The summed E-state index contributed by atoms with van der Waals surface area (Å²) in [6, 6.07) is 4.26. The Morgan fingerprint density at radius 3 is 2.68 bits per heavy atom. The Morgan fingerprint density at radius 2 is 2.16 bits per heavy atom. The number of anilines is 1. The van der Waals surface area contributed by atoms with Crippen molar-refractivity contribution < 1.29 is 19.8 Å². The van der Waals surface area contributed by atoms with E-state index in [4.69, 9.17) is 5.11 Å². The number of aliphatic hydroxyl groups is 1. The summed E-state index contributed by atoms with van der Waals surface area (Å²) >= 11 is 0. The van der Waals surface area contributed by atoms with Crippen LogP contribution in [0.5, 0.6) is 0 Å². The van der Waals surface area contributed by atoms with Gasteiger partial charge in [0.15, 0.2) is 0 Å². The fraction of sp³-hybridized carbons (Fsp3) is 0.385. The van der Waals surface area contributed by atoms with Crippen LogP contribution < -0.4 is 5.32 Å². The van der Waals surface area contributed by atoms with E-state index in [1.54, 1.807) is 13.0 Å². The van der Waals surface area contributed by atoms with E-state index in [2.05, 4.69) is 5.32 Å². The average molecular weight is 264 g/mol. The third-order valence-corrected chi connectivity index (χ3v) is 3.17. The van der Waals surface area contributed by atoms with E-state index in [1.807, 2.05) is 0 Å². The molecule has 0 aromatic heterocycles. The third-order valence-electron chi connectivity index (χ3n) is 3.17. The highest BCUT2D eigenvalue weighted by molar-refractivity contribution is 5.92. The molecule has 1 unspecified atom stereocenters. The second-order valence-electron chi connectivity index (χ2n) is 4.65. The van der Waals surface area contributed by atoms with Crippen molar-refractivity contribution in [1.29, 1.82) is 0 Å². The van der Waals surface area contributed by atoms with Gasteiger partial charge in [-0.25, -0.2) is 9.59 Å². The maximum atomic E-state index is 11.9. The summed E-state index contributed by atoms with van der Waals surface area (Å²) in [5, 5.41) is 21.0. The van der Waals surface area contributed by atoms with E-state index in [0.29, 0.717) is 30.8 Å². The first kappa shape index (κ1) is 13.4. The molecule has 1 aliphatic heterocycles. The molecule has 1 aliphatic rings. The number of aryl methyl sites for hydroxylation is 1. The van der Waals surface area contributed by atoms with Crippen LogP contribution in [-0.2, 0) is 0 Å². The molecule has 1 heterocycles. The number of hydrogen-bond donors (Lipinski definition) is 3. The van der Waals surface area contributed by atoms with Crippen LogP contribution in [0.15, 0.2) is 18.2 Å². The summed E-state index contributed by atoms with van der Waals surface area (Å²) in [5.74, 6) is -0.997. The van der Waals surface area contributed by atoms with Crippen molar-refractivity contribution in [1.82, 2.24) is 4.90 Å². The SMILES string of the molecule is Cc1cc(C(=O)O)ccc1NC(=O)N1CCC(O)C1. The van der Waals surface area contributed by atoms with Crippen LogP contribution in [0.2, 0.25) is 0 Å². The second kappa shape index (κ2) is 5.27. The molecule has 0 spiro atoms. The molecule has 102 valence electrons. The van der Waals surface area contributed by atoms with Gasteiger partial charge >= 0.3 is 12.0 Å². The van der Waals surface area contributed by atoms with Gasteiger partial charge in [-0.2, -0.15) is 0 Å². The van der Waals surface area contributed by atoms with Gasteiger partial charge in [-0.3, -0.25) is 0 Å². The topological polar surface area (TPSA) is 89.9 Å². The summed E-state index contributed by atoms with van der Waals surface area (Å²) in [6.45, 7) is 2.60. The number of aromatic carboxylic acids is 1. The van der Waals surface area contributed by atoms with Gasteiger partial charge in [0.2, 0.25) is 0 Å². The fourth-order valence-electron chi connectivity index (χ4n) is 2.06. The maximum absolute atomic E-state index is 11.9. The number of likely N-dealkylation sites (tertiary alicyclic amines) is 1. The summed E-state index contributed by atoms with van der Waals surface area (Å²) in [5.41, 5.74) is 1.46. The van der Waals surface area contributed by atoms with Crippen molar-refractivity contribution in [2.75, 3.05) is 18.4 Å². The predicted molar refractivity (Wildman–Crippen MR) is 69.4 cm³/mol. The van der Waals surface area contributed by atoms with Gasteiger partial charge in [0.25, 0.3) is 0 Å². The highest BCUT2D eigenvalue weighted by atomic mass is 16.4. The Morgan fingerprint density at radius 1 is 1.42 bits per heavy atom. The van der Waals surface area contributed by atoms with E-state index >= 15 is 0 Å². The monoisotopic (exact) mass is 264 g/mol. The highest BCUT2D eigenvalue weighted by Gasteiger charge is 2.24. The number of carboxylic acid groups (broad SMARTS) is 1. The van der Waals surface area contributed by atoms with Crippen molar-refractivity contribution in [3.8, 4) is 0 Å². The minimum Gasteiger partial charge on any atom is -0.478 e. The minimum atomic E-state index is -0.997. The van der Waals surface area contributed by atoms with Gasteiger partial charge in [-0.1, -0.05) is 0 Å². The zero-order chi connectivity index (χ0) is 14.0. The molecule has 1 aromatic carbocycles. The van der Waals surface area contributed by atoms with Crippen molar-refractivity contribution in [2.45, 2.75) is 19.4 Å². The molecule has 0 aliphatic carbocycles. The van der Waals surface area contributed by atoms with E-state index in [0.717, 1.165) is 0 Å². The first-order valence-corrected chi connectivity index (χ1v) is 6.05. The van der Waals surface area contributed by atoms with E-state index in [9.17, 15) is 14.7 Å². The normalized spacial score (nSPS) is 18.4. The van der Waals surface area contributed by atoms with Crippen molar-refractivity contribution in [3.05, 3.63) is 29.3 Å². The molecule has 1 fully saturated rings. The summed E-state index contributed by atoms with van der Waals surface area (Å²) in [7, 11) is 0. The van der Waals surface area contributed by atoms with Crippen LogP contribution in [0.25, 0.3) is 0 Å². The molecule has 3 N–H and O–H groups in total. The number of benzene rings is 1. The van der Waals surface area contributed by atoms with Gasteiger partial charge < -0.3 is 20.4 Å². The molecule has 2 amide bonds. The number of carbonyl (C=O) groups excluding carboxylic acids is 1. The molecule has 1 saturated heterocycles. The molecule has 1 atom stereocenters. The molecule has 19 heavy (non-hydrogen) atoms. The Labute approximate surface area is 110 Å². The van der Waals surface area contributed by atoms with Crippen LogP contribution in [0.1, 0.15) is 22.3 Å². The Bertz CT molecular complexity index is 515. The number of aliphatic hydroxyl groups excluding tert-OH is 1. The molecular weight excluding hydrogens is 248 g/mol. The number of nitrogens with zero attached hydrogens (tertiary/aromatic N) is 1. The zero-order valence-corrected chi connectivity index (χ0v) is 10.6. The van der Waals surface area contributed by atoms with E-state index in [1.165, 1.54) is 17.0 Å². The largest absolute Gasteiger partial charge is 0.478 e. The van der Waals surface area contributed by atoms with Gasteiger partial charge in [0.1, 0.15) is 0 Å². The van der Waals surface area contributed by atoms with Gasteiger partial charge in [0.05, 0.1) is 11.7 Å². The quantitative estimate of drug-likeness (QED) is 0.750. The van der Waals surface area contributed by atoms with E-state index in [-0.39, 0.29) is 11.6 Å². The molecule has 6 heteroatoms. The number of amides is 2. The molecular formula is C13H16N2O4. The lowest BCUT2D eigenvalue weighted by Crippen LogP contribution is -2.33. The van der Waals surface area contributed by atoms with Gasteiger partial charge in [-0.15, -0.1) is 0 Å². The van der Waals surface area contributed by atoms with Crippen LogP contribution in [0, 0.1) is 6.92 Å². The van der Waals surface area contributed by atoms with Crippen LogP contribution in [0.3, 0.4) is 0 Å². The first-order chi connectivity index (χ1) is 8.97. The predicted octanol–water partition coefficient (Wildman–Crippen LogP) is 1.29. The van der Waals surface area contributed by atoms with Crippen molar-refractivity contribution in [2.24, 2.45) is 0 Å². The Kier molecular flexibility index (Phi) is 3.71. The number of rotatable bonds is 2. The number of hydrogen-bond acceptors (Lipinski definition) is 3. The standard InChI is InChI=1S/C13H16N2O4/c1-8-6-9(12(17)18)2-3-11(8)14-13(19)15-5-4-10(16)7-15/h2-3,6,10,16H,4-5,7H2,1H3,(H,14,19)(H,17,18). The van der Waals surface area contributed by atoms with Crippen LogP contribution >= 0.6 is 0 Å². The number of nitrogens with one attached hydrogen (secondary N) is 1. The van der Waals surface area contributed by atoms with Gasteiger partial charge in [-0.05, 0) is 37.1 Å². The second-order valence-corrected chi connectivity index (χ2v) is 4.65. The van der Waals surface area contributed by atoms with Crippen molar-refractivity contribution in [3.63, 3.8) is 0 Å². The lowest BCUT2D eigenvalue weighted by atomic mass is 10.1. The molecule has 1 aromatic rings. The fourth-order valence-corrected chi connectivity index (χ4v) is 2.06. The smallest absolute Gasteiger partial charge is 0.335 e. The maximum Gasteiger partial charge on any atom is 0.335 e. The summed E-state index contributed by atoms with van der Waals surface area (Å²) in [4.78, 5) is 24.3. The Hall–Kier alpha value is -2.08. The number of urea groups is 1. The molecule has 0 saturated carbocycles. The number of carbonyl (C=O) groups is 2. The third kappa shape index (κ3) is 3.03. The van der Waals surface area contributed by atoms with E-state index < -0.39 is 12.1 Å². The lowest BCUT2D eigenvalue weighted by Gasteiger charge is -2.17. The average Bonchev–Trinajstić information content (AvgIpc) is 2.78. The molecule has 0 radical (unpaired) electrons. The zero-order valence-electron chi connectivity index (χ0n) is 10.6. The lowest BCUT2D eigenvalue weighted by molar-refractivity contribution is 0.0697. The van der Waals surface area contributed by atoms with Crippen molar-refractivity contribution >= 4 is 17.7 Å². The summed E-state index contributed by atoms with van der Waals surface area (Å²) in [6.07, 6.45) is 0.130.